The molecule has 7 rings (SSSR count). The van der Waals surface area contributed by atoms with Crippen molar-refractivity contribution in [3.05, 3.63) is 64.3 Å². The third-order valence-electron chi connectivity index (χ3n) is 9.99. The molecule has 1 amide bonds. The lowest BCUT2D eigenvalue weighted by Crippen LogP contribution is -2.43. The SMILES string of the molecule is COC(=O)N1CC[C@H](N2CCC(c3nn(C)c4ccc(-c5nc6cc(C)c(C(OC(C)(C)C)C(=O)O)c(-c7ccc(Cl)cc7)c6s5)nc34)CC2)C1. The van der Waals surface area contributed by atoms with Crippen LogP contribution in [-0.2, 0) is 21.3 Å². The number of hydrogen-bond donors (Lipinski definition) is 1. The van der Waals surface area contributed by atoms with Gasteiger partial charge in [-0.1, -0.05) is 23.7 Å². The molecule has 2 aliphatic rings. The standard InChI is InChI=1S/C38H43ClN6O5S/c1-21-19-27-34(30(22-7-9-24(39)10-8-22)29(21)33(36(46)47)50-38(2,3)4)51-35(41-27)26-11-12-28-32(40-26)31(42-43(28)5)23-13-16-44(17-14-23)25-15-18-45(20-25)37(48)49-6/h7-12,19,23,25,33H,13-18,20H2,1-6H3,(H,46,47)/t25-,33?/m0/s1. The van der Waals surface area contributed by atoms with E-state index in [1.807, 2.05) is 75.8 Å². The summed E-state index contributed by atoms with van der Waals surface area (Å²) in [4.78, 5) is 39.4. The average Bonchev–Trinajstić information content (AvgIpc) is 3.84. The van der Waals surface area contributed by atoms with Crippen molar-refractivity contribution < 1.29 is 24.2 Å². The number of fused-ring (bicyclic) bond motifs is 2. The van der Waals surface area contributed by atoms with Gasteiger partial charge in [0.25, 0.3) is 0 Å². The molecule has 0 bridgehead atoms. The number of aryl methyl sites for hydroxylation is 2. The second-order valence-corrected chi connectivity index (χ2v) is 16.0. The largest absolute Gasteiger partial charge is 0.479 e. The molecule has 0 saturated carbocycles. The van der Waals surface area contributed by atoms with E-state index in [-0.39, 0.29) is 12.0 Å². The quantitative estimate of drug-likeness (QED) is 0.178. The first-order valence-electron chi connectivity index (χ1n) is 17.3. The zero-order valence-corrected chi connectivity index (χ0v) is 31.3. The number of methoxy groups -OCH3 is 1. The van der Waals surface area contributed by atoms with Gasteiger partial charge in [0.1, 0.15) is 10.5 Å². The van der Waals surface area contributed by atoms with Crippen molar-refractivity contribution in [2.75, 3.05) is 33.3 Å². The Hall–Kier alpha value is -4.10. The molecular weight excluding hydrogens is 688 g/mol. The van der Waals surface area contributed by atoms with Crippen molar-refractivity contribution in [1.82, 2.24) is 29.5 Å². The molecule has 1 N–H and O–H groups in total. The van der Waals surface area contributed by atoms with E-state index in [1.165, 1.54) is 18.4 Å². The van der Waals surface area contributed by atoms with Crippen LogP contribution >= 0.6 is 22.9 Å². The number of thiazole rings is 1. The second kappa shape index (κ2) is 13.8. The molecule has 3 aromatic heterocycles. The fraction of sp³-hybridized carbons (Fsp3) is 0.447. The number of carboxylic acids is 1. The number of ether oxygens (including phenoxy) is 2. The van der Waals surface area contributed by atoms with Crippen LogP contribution in [0.4, 0.5) is 4.79 Å². The maximum absolute atomic E-state index is 12.8. The molecule has 2 saturated heterocycles. The lowest BCUT2D eigenvalue weighted by atomic mass is 9.91. The van der Waals surface area contributed by atoms with E-state index in [1.54, 1.807) is 4.90 Å². The van der Waals surface area contributed by atoms with Gasteiger partial charge in [-0.3, -0.25) is 9.58 Å². The zero-order valence-electron chi connectivity index (χ0n) is 29.8. The molecule has 2 aliphatic heterocycles. The van der Waals surface area contributed by atoms with Gasteiger partial charge in [0, 0.05) is 48.2 Å². The number of likely N-dealkylation sites (tertiary alicyclic amines) is 2. The van der Waals surface area contributed by atoms with Gasteiger partial charge < -0.3 is 19.5 Å². The molecular formula is C38H43ClN6O5S. The number of amides is 1. The number of halogens is 1. The molecule has 5 heterocycles. The summed E-state index contributed by atoms with van der Waals surface area (Å²) < 4.78 is 13.9. The van der Waals surface area contributed by atoms with Crippen molar-refractivity contribution in [2.24, 2.45) is 7.05 Å². The number of pyridine rings is 1. The van der Waals surface area contributed by atoms with Gasteiger partial charge in [-0.25, -0.2) is 19.6 Å². The number of aromatic nitrogens is 4. The molecule has 11 nitrogen and oxygen atoms in total. The van der Waals surface area contributed by atoms with E-state index in [9.17, 15) is 14.7 Å². The molecule has 1 unspecified atom stereocenters. The van der Waals surface area contributed by atoms with E-state index in [0.717, 1.165) is 93.2 Å². The van der Waals surface area contributed by atoms with Crippen molar-refractivity contribution in [2.45, 2.75) is 70.6 Å². The Morgan fingerprint density at radius 1 is 1.04 bits per heavy atom. The summed E-state index contributed by atoms with van der Waals surface area (Å²) in [7, 11) is 3.39. The van der Waals surface area contributed by atoms with E-state index in [2.05, 4.69) is 11.0 Å². The summed E-state index contributed by atoms with van der Waals surface area (Å²) in [6.07, 6.45) is 1.44. The summed E-state index contributed by atoms with van der Waals surface area (Å²) in [5, 5.41) is 16.7. The van der Waals surface area contributed by atoms with Gasteiger partial charge >= 0.3 is 12.1 Å². The summed E-state index contributed by atoms with van der Waals surface area (Å²) in [6.45, 7) is 10.8. The van der Waals surface area contributed by atoms with Crippen LogP contribution in [0.3, 0.4) is 0 Å². The number of rotatable bonds is 7. The third kappa shape index (κ3) is 6.94. The Morgan fingerprint density at radius 2 is 1.76 bits per heavy atom. The van der Waals surface area contributed by atoms with Crippen LogP contribution in [-0.4, -0.2) is 91.6 Å². The number of carbonyl (C=O) groups is 2. The van der Waals surface area contributed by atoms with E-state index in [0.29, 0.717) is 23.2 Å². The Morgan fingerprint density at radius 3 is 2.43 bits per heavy atom. The van der Waals surface area contributed by atoms with Crippen LogP contribution in [0.15, 0.2) is 42.5 Å². The van der Waals surface area contributed by atoms with Crippen LogP contribution in [0.5, 0.6) is 0 Å². The van der Waals surface area contributed by atoms with E-state index in [4.69, 9.17) is 36.1 Å². The Labute approximate surface area is 306 Å². The summed E-state index contributed by atoms with van der Waals surface area (Å²) in [5.41, 5.74) is 6.64. The minimum absolute atomic E-state index is 0.252. The highest BCUT2D eigenvalue weighted by Gasteiger charge is 2.35. The van der Waals surface area contributed by atoms with E-state index >= 15 is 0 Å². The Kier molecular flexibility index (Phi) is 9.55. The first-order valence-corrected chi connectivity index (χ1v) is 18.5. The lowest BCUT2D eigenvalue weighted by Gasteiger charge is -2.35. The Balaban J connectivity index is 1.24. The maximum Gasteiger partial charge on any atom is 0.409 e. The van der Waals surface area contributed by atoms with Crippen LogP contribution in [0, 0.1) is 6.92 Å². The van der Waals surface area contributed by atoms with E-state index < -0.39 is 17.7 Å². The van der Waals surface area contributed by atoms with Gasteiger partial charge in [0.15, 0.2) is 6.10 Å². The smallest absolute Gasteiger partial charge is 0.409 e. The number of aliphatic carboxylic acids is 1. The molecule has 0 spiro atoms. The van der Waals surface area contributed by atoms with Crippen molar-refractivity contribution >= 4 is 56.3 Å². The topological polar surface area (TPSA) is 123 Å². The summed E-state index contributed by atoms with van der Waals surface area (Å²) >= 11 is 7.78. The van der Waals surface area contributed by atoms with Crippen LogP contribution in [0.1, 0.15) is 68.9 Å². The van der Waals surface area contributed by atoms with Crippen LogP contribution in [0.25, 0.3) is 43.1 Å². The minimum atomic E-state index is -1.19. The minimum Gasteiger partial charge on any atom is -0.479 e. The third-order valence-corrected chi connectivity index (χ3v) is 11.4. The molecule has 13 heteroatoms. The van der Waals surface area contributed by atoms with Crippen molar-refractivity contribution in [1.29, 1.82) is 0 Å². The number of carboxylic acid groups (broad SMARTS) is 1. The zero-order chi connectivity index (χ0) is 36.2. The molecule has 2 atom stereocenters. The van der Waals surface area contributed by atoms with Gasteiger partial charge in [0.2, 0.25) is 0 Å². The van der Waals surface area contributed by atoms with Gasteiger partial charge in [-0.15, -0.1) is 11.3 Å². The molecule has 0 radical (unpaired) electrons. The van der Waals surface area contributed by atoms with Crippen molar-refractivity contribution in [3.8, 4) is 21.8 Å². The Bertz CT molecular complexity index is 2120. The molecule has 0 aliphatic carbocycles. The highest BCUT2D eigenvalue weighted by atomic mass is 35.5. The summed E-state index contributed by atoms with van der Waals surface area (Å²) in [5.74, 6) is -0.792. The number of carbonyl (C=O) groups excluding carboxylic acids is 1. The number of hydrogen-bond acceptors (Lipinski definition) is 9. The molecule has 5 aromatic rings. The highest BCUT2D eigenvalue weighted by molar-refractivity contribution is 7.22. The first kappa shape index (κ1) is 35.3. The summed E-state index contributed by atoms with van der Waals surface area (Å²) in [6, 6.07) is 13.8. The number of benzene rings is 2. The van der Waals surface area contributed by atoms with Crippen LogP contribution < -0.4 is 0 Å². The molecule has 2 fully saturated rings. The first-order chi connectivity index (χ1) is 24.3. The van der Waals surface area contributed by atoms with Crippen LogP contribution in [0.2, 0.25) is 5.02 Å². The fourth-order valence-corrected chi connectivity index (χ4v) is 8.80. The normalized spacial score (nSPS) is 18.2. The highest BCUT2D eigenvalue weighted by Crippen LogP contribution is 2.44. The molecule has 51 heavy (non-hydrogen) atoms. The lowest BCUT2D eigenvalue weighted by molar-refractivity contribution is -0.160. The number of piperidine rings is 1. The van der Waals surface area contributed by atoms with Crippen molar-refractivity contribution in [3.63, 3.8) is 0 Å². The predicted octanol–water partition coefficient (Wildman–Crippen LogP) is 7.83. The number of nitrogens with zero attached hydrogens (tertiary/aromatic N) is 6. The average molecular weight is 731 g/mol. The second-order valence-electron chi connectivity index (χ2n) is 14.5. The monoisotopic (exact) mass is 730 g/mol. The molecule has 2 aromatic carbocycles. The maximum atomic E-state index is 12.8. The fourth-order valence-electron chi connectivity index (χ4n) is 7.58. The van der Waals surface area contributed by atoms with Gasteiger partial charge in [0.05, 0.1) is 39.8 Å². The van der Waals surface area contributed by atoms with Gasteiger partial charge in [-0.05, 0) is 102 Å². The van der Waals surface area contributed by atoms with Gasteiger partial charge in [-0.2, -0.15) is 5.10 Å². The molecule has 268 valence electrons. The predicted molar refractivity (Wildman–Crippen MR) is 199 cm³/mol.